The SMILES string of the molecule is CCOc1cc(C2NCC(c3ccc(OC)cc3)c3c2[nH]c2ccccc32)ccc1OCCOc1cccc(Br)c1.[Cl-]. The molecule has 0 aliphatic carbocycles. The Balaban J connectivity index is 0.00000353. The van der Waals surface area contributed by atoms with Gasteiger partial charge in [0.05, 0.1) is 19.8 Å². The summed E-state index contributed by atoms with van der Waals surface area (Å²) in [6.45, 7) is 4.17. The van der Waals surface area contributed by atoms with Crippen molar-refractivity contribution in [2.75, 3.05) is 33.5 Å². The Bertz CT molecular complexity index is 1640. The average molecular weight is 649 g/mol. The molecule has 1 aromatic heterocycles. The quantitative estimate of drug-likeness (QED) is 0.217. The van der Waals surface area contributed by atoms with E-state index in [0.29, 0.717) is 25.6 Å². The molecule has 0 fully saturated rings. The first-order valence-corrected chi connectivity index (χ1v) is 14.7. The third-order valence-electron chi connectivity index (χ3n) is 7.46. The fraction of sp³-hybridized carbons (Fsp3) is 0.235. The minimum atomic E-state index is -0.0139. The molecule has 6 nitrogen and oxygen atoms in total. The van der Waals surface area contributed by atoms with Gasteiger partial charge >= 0.3 is 0 Å². The number of hydrogen-bond acceptors (Lipinski definition) is 5. The second-order valence-corrected chi connectivity index (χ2v) is 10.9. The van der Waals surface area contributed by atoms with Gasteiger partial charge < -0.3 is 41.7 Å². The summed E-state index contributed by atoms with van der Waals surface area (Å²) in [4.78, 5) is 3.74. The fourth-order valence-corrected chi connectivity index (χ4v) is 5.97. The number of halogens is 2. The van der Waals surface area contributed by atoms with Crippen LogP contribution in [-0.2, 0) is 0 Å². The molecule has 1 aliphatic heterocycles. The number of para-hydroxylation sites is 1. The predicted octanol–water partition coefficient (Wildman–Crippen LogP) is 4.62. The van der Waals surface area contributed by atoms with E-state index in [9.17, 15) is 0 Å². The smallest absolute Gasteiger partial charge is 0.161 e. The van der Waals surface area contributed by atoms with Crippen LogP contribution in [0, 0.1) is 0 Å². The van der Waals surface area contributed by atoms with Crippen molar-refractivity contribution in [2.45, 2.75) is 18.9 Å². The second-order valence-electron chi connectivity index (χ2n) is 9.96. The summed E-state index contributed by atoms with van der Waals surface area (Å²) in [5, 5.41) is 5.07. The molecule has 2 unspecified atom stereocenters. The molecule has 0 bridgehead atoms. The van der Waals surface area contributed by atoms with Crippen LogP contribution in [0.3, 0.4) is 0 Å². The summed E-state index contributed by atoms with van der Waals surface area (Å²) in [6.07, 6.45) is 0. The number of benzene rings is 4. The van der Waals surface area contributed by atoms with Crippen molar-refractivity contribution in [1.82, 2.24) is 10.3 Å². The van der Waals surface area contributed by atoms with Crippen LogP contribution in [0.4, 0.5) is 0 Å². The number of methoxy groups -OCH3 is 1. The van der Waals surface area contributed by atoms with Gasteiger partial charge in [-0.15, -0.1) is 0 Å². The maximum absolute atomic E-state index is 6.10. The highest BCUT2D eigenvalue weighted by atomic mass is 79.9. The minimum absolute atomic E-state index is 0. The highest BCUT2D eigenvalue weighted by molar-refractivity contribution is 9.10. The van der Waals surface area contributed by atoms with E-state index in [1.54, 1.807) is 7.11 Å². The molecule has 8 heteroatoms. The lowest BCUT2D eigenvalue weighted by molar-refractivity contribution is -0.00000947. The molecule has 2 atom stereocenters. The number of aromatic nitrogens is 1. The molecular formula is C34H33BrClN2O4-. The summed E-state index contributed by atoms with van der Waals surface area (Å²) in [5.74, 6) is 3.30. The third-order valence-corrected chi connectivity index (χ3v) is 7.96. The molecular weight excluding hydrogens is 616 g/mol. The molecule has 42 heavy (non-hydrogen) atoms. The molecule has 0 radical (unpaired) electrons. The Morgan fingerprint density at radius 2 is 1.57 bits per heavy atom. The molecule has 218 valence electrons. The van der Waals surface area contributed by atoms with Gasteiger partial charge in [-0.25, -0.2) is 0 Å². The molecule has 1 aliphatic rings. The van der Waals surface area contributed by atoms with Crippen molar-refractivity contribution in [3.8, 4) is 23.0 Å². The third kappa shape index (κ3) is 6.24. The Morgan fingerprint density at radius 1 is 0.786 bits per heavy atom. The molecule has 0 saturated carbocycles. The van der Waals surface area contributed by atoms with Gasteiger partial charge in [0.2, 0.25) is 0 Å². The van der Waals surface area contributed by atoms with Crippen molar-refractivity contribution in [3.05, 3.63) is 118 Å². The van der Waals surface area contributed by atoms with Crippen molar-refractivity contribution < 1.29 is 31.4 Å². The number of H-pyrrole nitrogens is 1. The zero-order valence-corrected chi connectivity index (χ0v) is 25.9. The van der Waals surface area contributed by atoms with Crippen LogP contribution in [0.2, 0.25) is 0 Å². The maximum Gasteiger partial charge on any atom is 0.161 e. The first-order valence-electron chi connectivity index (χ1n) is 13.9. The number of ether oxygens (including phenoxy) is 4. The molecule has 0 spiro atoms. The lowest BCUT2D eigenvalue weighted by Crippen LogP contribution is -3.00. The van der Waals surface area contributed by atoms with E-state index in [0.717, 1.165) is 39.3 Å². The van der Waals surface area contributed by atoms with E-state index in [-0.39, 0.29) is 24.4 Å². The van der Waals surface area contributed by atoms with E-state index in [1.807, 2.05) is 49.4 Å². The highest BCUT2D eigenvalue weighted by Crippen LogP contribution is 2.43. The van der Waals surface area contributed by atoms with Gasteiger partial charge in [0.25, 0.3) is 0 Å². The van der Waals surface area contributed by atoms with Crippen LogP contribution in [0.1, 0.15) is 41.3 Å². The topological polar surface area (TPSA) is 64.7 Å². The van der Waals surface area contributed by atoms with Gasteiger partial charge in [-0.1, -0.05) is 58.4 Å². The van der Waals surface area contributed by atoms with E-state index in [4.69, 9.17) is 18.9 Å². The van der Waals surface area contributed by atoms with Crippen molar-refractivity contribution in [3.63, 3.8) is 0 Å². The maximum atomic E-state index is 6.10. The normalized spacial score (nSPS) is 15.9. The van der Waals surface area contributed by atoms with Crippen LogP contribution in [0.25, 0.3) is 10.9 Å². The van der Waals surface area contributed by atoms with E-state index >= 15 is 0 Å². The number of hydrogen-bond donors (Lipinski definition) is 2. The Morgan fingerprint density at radius 3 is 2.36 bits per heavy atom. The fourth-order valence-electron chi connectivity index (χ4n) is 5.59. The summed E-state index contributed by atoms with van der Waals surface area (Å²) >= 11 is 3.47. The predicted molar refractivity (Wildman–Crippen MR) is 166 cm³/mol. The lowest BCUT2D eigenvalue weighted by Gasteiger charge is -2.31. The minimum Gasteiger partial charge on any atom is -1.00 e. The first kappa shape index (κ1) is 29.8. The first-order chi connectivity index (χ1) is 20.1. The molecule has 0 saturated heterocycles. The van der Waals surface area contributed by atoms with Crippen molar-refractivity contribution in [2.24, 2.45) is 0 Å². The Hall–Kier alpha value is -3.65. The zero-order chi connectivity index (χ0) is 28.2. The van der Waals surface area contributed by atoms with Gasteiger partial charge in [-0.2, -0.15) is 0 Å². The summed E-state index contributed by atoms with van der Waals surface area (Å²) in [6, 6.07) is 30.9. The van der Waals surface area contributed by atoms with Gasteiger partial charge in [0.15, 0.2) is 11.5 Å². The number of fused-ring (bicyclic) bond motifs is 3. The van der Waals surface area contributed by atoms with E-state index in [2.05, 4.69) is 74.8 Å². The van der Waals surface area contributed by atoms with Crippen molar-refractivity contribution >= 4 is 26.8 Å². The lowest BCUT2D eigenvalue weighted by atomic mass is 9.83. The Labute approximate surface area is 260 Å². The largest absolute Gasteiger partial charge is 1.00 e. The molecule has 2 heterocycles. The van der Waals surface area contributed by atoms with Gasteiger partial charge in [-0.05, 0) is 72.1 Å². The van der Waals surface area contributed by atoms with Gasteiger partial charge in [-0.3, -0.25) is 0 Å². The highest BCUT2D eigenvalue weighted by Gasteiger charge is 2.32. The molecule has 6 rings (SSSR count). The average Bonchev–Trinajstić information content (AvgIpc) is 3.40. The van der Waals surface area contributed by atoms with Crippen molar-refractivity contribution in [1.29, 1.82) is 0 Å². The van der Waals surface area contributed by atoms with Crippen LogP contribution in [0.5, 0.6) is 23.0 Å². The van der Waals surface area contributed by atoms with E-state index in [1.165, 1.54) is 22.2 Å². The Kier molecular flexibility index (Phi) is 9.62. The number of nitrogens with one attached hydrogen (secondary N) is 2. The van der Waals surface area contributed by atoms with Crippen LogP contribution >= 0.6 is 15.9 Å². The van der Waals surface area contributed by atoms with Crippen LogP contribution in [-0.4, -0.2) is 38.5 Å². The number of rotatable bonds is 10. The van der Waals surface area contributed by atoms with Gasteiger partial charge in [0.1, 0.15) is 24.7 Å². The molecule has 4 aromatic carbocycles. The summed E-state index contributed by atoms with van der Waals surface area (Å²) in [5.41, 5.74) is 6.02. The summed E-state index contributed by atoms with van der Waals surface area (Å²) < 4.78 is 24.4. The summed E-state index contributed by atoms with van der Waals surface area (Å²) in [7, 11) is 1.70. The second kappa shape index (κ2) is 13.6. The van der Waals surface area contributed by atoms with Gasteiger partial charge in [0, 0.05) is 33.5 Å². The molecule has 0 amide bonds. The standard InChI is InChI=1S/C34H33BrN2O4.ClH/c1-3-39-31-19-23(13-16-30(31)41-18-17-40-26-8-6-7-24(35)20-26)33-34-32(27-9-4-5-10-29(27)37-34)28(21-36-33)22-11-14-25(38-2)15-12-22;/h4-16,19-20,28,33,36-37H,3,17-18,21H2,1-2H3;1H/p-1. The van der Waals surface area contributed by atoms with Crippen LogP contribution < -0.4 is 36.7 Å². The molecule has 2 N–H and O–H groups in total. The number of aromatic amines is 1. The van der Waals surface area contributed by atoms with E-state index < -0.39 is 0 Å². The monoisotopic (exact) mass is 647 g/mol. The molecule has 5 aromatic rings. The van der Waals surface area contributed by atoms with Crippen LogP contribution in [0.15, 0.2) is 95.5 Å². The zero-order valence-electron chi connectivity index (χ0n) is 23.5.